The van der Waals surface area contributed by atoms with Crippen molar-refractivity contribution in [3.63, 3.8) is 0 Å². The zero-order valence-corrected chi connectivity index (χ0v) is 12.2. The zero-order valence-electron chi connectivity index (χ0n) is 10.6. The molecule has 1 aliphatic carbocycles. The highest BCUT2D eigenvalue weighted by molar-refractivity contribution is 7.84. The van der Waals surface area contributed by atoms with Crippen LogP contribution in [0.3, 0.4) is 0 Å². The Morgan fingerprint density at radius 2 is 2.47 bits per heavy atom. The molecule has 0 fully saturated rings. The van der Waals surface area contributed by atoms with Gasteiger partial charge in [-0.3, -0.25) is 4.21 Å². The summed E-state index contributed by atoms with van der Waals surface area (Å²) in [5.74, 6) is 0.803. The summed E-state index contributed by atoms with van der Waals surface area (Å²) in [5, 5.41) is 5.89. The summed E-state index contributed by atoms with van der Waals surface area (Å²) < 4.78 is 11.1. The predicted molar refractivity (Wildman–Crippen MR) is 76.1 cm³/mol. The van der Waals surface area contributed by atoms with Crippen LogP contribution in [0.25, 0.3) is 0 Å². The second-order valence-electron chi connectivity index (χ2n) is 4.88. The van der Waals surface area contributed by atoms with Crippen molar-refractivity contribution in [1.82, 2.24) is 5.32 Å². The van der Waals surface area contributed by atoms with E-state index in [-0.39, 0.29) is 0 Å². The van der Waals surface area contributed by atoms with E-state index in [1.165, 1.54) is 24.8 Å². The molecule has 0 saturated carbocycles. The Kier molecular flexibility index (Phi) is 4.77. The molecule has 0 saturated heterocycles. The monoisotopic (exact) mass is 271 g/mol. The van der Waals surface area contributed by atoms with Crippen LogP contribution in [0, 0.1) is 0 Å². The van der Waals surface area contributed by atoms with Gasteiger partial charge in [0.05, 0.1) is 0 Å². The number of fused-ring (bicyclic) bond motifs is 1. The third-order valence-corrected chi connectivity index (χ3v) is 5.18. The van der Waals surface area contributed by atoms with Gasteiger partial charge in [0.15, 0.2) is 0 Å². The van der Waals surface area contributed by atoms with Crippen LogP contribution in [0.15, 0.2) is 11.4 Å². The van der Waals surface area contributed by atoms with Crippen LogP contribution in [0.2, 0.25) is 0 Å². The fourth-order valence-electron chi connectivity index (χ4n) is 2.43. The molecule has 0 radical (unpaired) electrons. The summed E-state index contributed by atoms with van der Waals surface area (Å²) >= 11 is 1.89. The molecular formula is C13H21NOS2. The van der Waals surface area contributed by atoms with Gasteiger partial charge in [-0.25, -0.2) is 0 Å². The first-order valence-corrected chi connectivity index (χ1v) is 8.90. The Bertz CT molecular complexity index is 389. The van der Waals surface area contributed by atoms with Gasteiger partial charge in [-0.05, 0) is 49.6 Å². The quantitative estimate of drug-likeness (QED) is 0.892. The Labute approximate surface area is 110 Å². The topological polar surface area (TPSA) is 29.1 Å². The summed E-state index contributed by atoms with van der Waals surface area (Å²) in [6.07, 6.45) is 6.56. The lowest BCUT2D eigenvalue weighted by atomic mass is 9.93. The highest BCUT2D eigenvalue weighted by Gasteiger charge is 2.22. The van der Waals surface area contributed by atoms with Crippen LogP contribution in [-0.4, -0.2) is 22.3 Å². The molecule has 0 spiro atoms. The van der Waals surface area contributed by atoms with E-state index in [0.717, 1.165) is 12.2 Å². The summed E-state index contributed by atoms with van der Waals surface area (Å²) in [6, 6.07) is 3.24. The van der Waals surface area contributed by atoms with Crippen molar-refractivity contribution < 1.29 is 4.21 Å². The standard InChI is InChI=1S/C13H21NOS2/c1-10(7-9-17(2)15)14-12-4-3-5-13-11(12)6-8-16-13/h6,8,10,12,14H,3-5,7,9H2,1-2H3. The van der Waals surface area contributed by atoms with Crippen molar-refractivity contribution in [1.29, 1.82) is 0 Å². The smallest absolute Gasteiger partial charge is 0.0333 e. The van der Waals surface area contributed by atoms with Crippen LogP contribution >= 0.6 is 11.3 Å². The molecule has 96 valence electrons. The first-order chi connectivity index (χ1) is 8.16. The van der Waals surface area contributed by atoms with E-state index in [2.05, 4.69) is 23.7 Å². The van der Waals surface area contributed by atoms with Crippen molar-refractivity contribution in [3.8, 4) is 0 Å². The van der Waals surface area contributed by atoms with Crippen LogP contribution in [-0.2, 0) is 17.2 Å². The molecule has 1 N–H and O–H groups in total. The molecule has 0 bridgehead atoms. The molecule has 4 heteroatoms. The molecule has 1 aromatic rings. The van der Waals surface area contributed by atoms with Gasteiger partial charge in [0, 0.05) is 39.8 Å². The summed E-state index contributed by atoms with van der Waals surface area (Å²) in [6.45, 7) is 2.20. The first kappa shape index (κ1) is 13.2. The molecule has 1 aliphatic rings. The summed E-state index contributed by atoms with van der Waals surface area (Å²) in [7, 11) is -0.668. The molecule has 17 heavy (non-hydrogen) atoms. The lowest BCUT2D eigenvalue weighted by Crippen LogP contribution is -2.33. The summed E-state index contributed by atoms with van der Waals surface area (Å²) in [4.78, 5) is 1.56. The fraction of sp³-hybridized carbons (Fsp3) is 0.692. The van der Waals surface area contributed by atoms with Crippen LogP contribution in [0.4, 0.5) is 0 Å². The maximum Gasteiger partial charge on any atom is 0.0333 e. The van der Waals surface area contributed by atoms with Crippen LogP contribution in [0.5, 0.6) is 0 Å². The van der Waals surface area contributed by atoms with Crippen molar-refractivity contribution in [2.45, 2.75) is 44.7 Å². The van der Waals surface area contributed by atoms with Gasteiger partial charge in [-0.1, -0.05) is 0 Å². The zero-order chi connectivity index (χ0) is 12.3. The minimum atomic E-state index is -0.668. The van der Waals surface area contributed by atoms with E-state index in [1.54, 1.807) is 11.1 Å². The Hall–Kier alpha value is -0.190. The Morgan fingerprint density at radius 1 is 1.65 bits per heavy atom. The molecule has 3 atom stereocenters. The average molecular weight is 271 g/mol. The predicted octanol–water partition coefficient (Wildman–Crippen LogP) is 2.87. The second kappa shape index (κ2) is 6.12. The van der Waals surface area contributed by atoms with Crippen LogP contribution < -0.4 is 5.32 Å². The van der Waals surface area contributed by atoms with E-state index in [1.807, 2.05) is 11.3 Å². The van der Waals surface area contributed by atoms with Crippen molar-refractivity contribution in [2.75, 3.05) is 12.0 Å². The maximum absolute atomic E-state index is 11.1. The third kappa shape index (κ3) is 3.63. The van der Waals surface area contributed by atoms with Crippen molar-refractivity contribution >= 4 is 22.1 Å². The minimum absolute atomic E-state index is 0.453. The Morgan fingerprint density at radius 3 is 3.24 bits per heavy atom. The maximum atomic E-state index is 11.1. The van der Waals surface area contributed by atoms with Gasteiger partial charge < -0.3 is 5.32 Å². The first-order valence-electron chi connectivity index (χ1n) is 6.29. The van der Waals surface area contributed by atoms with Gasteiger partial charge in [-0.2, -0.15) is 0 Å². The lowest BCUT2D eigenvalue weighted by Gasteiger charge is -2.27. The van der Waals surface area contributed by atoms with Gasteiger partial charge >= 0.3 is 0 Å². The number of nitrogens with one attached hydrogen (secondary N) is 1. The number of aryl methyl sites for hydroxylation is 1. The molecule has 1 heterocycles. The van der Waals surface area contributed by atoms with Gasteiger partial charge in [-0.15, -0.1) is 11.3 Å². The minimum Gasteiger partial charge on any atom is -0.307 e. The van der Waals surface area contributed by atoms with E-state index in [9.17, 15) is 4.21 Å². The molecule has 0 aromatic carbocycles. The van der Waals surface area contributed by atoms with Crippen molar-refractivity contribution in [2.24, 2.45) is 0 Å². The molecule has 0 aliphatic heterocycles. The highest BCUT2D eigenvalue weighted by atomic mass is 32.2. The molecule has 3 unspecified atom stereocenters. The lowest BCUT2D eigenvalue weighted by molar-refractivity contribution is 0.406. The fourth-order valence-corrected chi connectivity index (χ4v) is 4.10. The van der Waals surface area contributed by atoms with Gasteiger partial charge in [0.2, 0.25) is 0 Å². The largest absolute Gasteiger partial charge is 0.307 e. The highest BCUT2D eigenvalue weighted by Crippen LogP contribution is 2.33. The molecule has 0 amide bonds. The SMILES string of the molecule is CC(CCS(C)=O)NC1CCCc2sccc21. The van der Waals surface area contributed by atoms with E-state index in [0.29, 0.717) is 12.1 Å². The van der Waals surface area contributed by atoms with Crippen molar-refractivity contribution in [3.05, 3.63) is 21.9 Å². The number of thiophene rings is 1. The molecule has 2 rings (SSSR count). The molecule has 2 nitrogen and oxygen atoms in total. The molecule has 1 aromatic heterocycles. The van der Waals surface area contributed by atoms with Gasteiger partial charge in [0.25, 0.3) is 0 Å². The second-order valence-corrected chi connectivity index (χ2v) is 7.43. The van der Waals surface area contributed by atoms with E-state index < -0.39 is 10.8 Å². The number of rotatable bonds is 5. The van der Waals surface area contributed by atoms with Gasteiger partial charge in [0.1, 0.15) is 0 Å². The average Bonchev–Trinajstić information content (AvgIpc) is 2.75. The number of hydrogen-bond donors (Lipinski definition) is 1. The summed E-state index contributed by atoms with van der Waals surface area (Å²) in [5.41, 5.74) is 1.51. The number of hydrogen-bond acceptors (Lipinski definition) is 3. The Balaban J connectivity index is 1.90. The third-order valence-electron chi connectivity index (χ3n) is 3.38. The van der Waals surface area contributed by atoms with Crippen LogP contribution in [0.1, 0.15) is 42.7 Å². The molecular weight excluding hydrogens is 250 g/mol. The van der Waals surface area contributed by atoms with E-state index in [4.69, 9.17) is 0 Å². The normalized spacial score (nSPS) is 23.1. The van der Waals surface area contributed by atoms with E-state index >= 15 is 0 Å².